The second kappa shape index (κ2) is 17.9. The van der Waals surface area contributed by atoms with Gasteiger partial charge in [0.05, 0.1) is 13.1 Å². The fourth-order valence-corrected chi connectivity index (χ4v) is 2.42. The van der Waals surface area contributed by atoms with Crippen molar-refractivity contribution < 1.29 is 19.8 Å². The molecule has 0 atom stereocenters. The number of aliphatic carboxylic acids is 2. The van der Waals surface area contributed by atoms with Gasteiger partial charge in [0.15, 0.2) is 0 Å². The van der Waals surface area contributed by atoms with E-state index in [2.05, 4.69) is 6.92 Å². The number of carboxylic acid groups (broad SMARTS) is 2. The Morgan fingerprint density at radius 3 is 1.45 bits per heavy atom. The molecule has 0 bridgehead atoms. The standard InChI is InChI=1S/C16H31NO4.K.H/c1-2-3-4-5-6-7-8-9-10-11-12-17(13-15(18)19)14-16(20)21;;/h2-14H2,1H3,(H,18,19)(H,20,21);;. The molecular weight excluding hydrogens is 309 g/mol. The quantitative estimate of drug-likeness (QED) is 0.354. The van der Waals surface area contributed by atoms with E-state index in [1.807, 2.05) is 0 Å². The SMILES string of the molecule is CCCCCCCCCCCCN(CC(=O)O)CC(=O)O.[KH]. The van der Waals surface area contributed by atoms with Crippen LogP contribution >= 0.6 is 0 Å². The molecule has 0 spiro atoms. The number of rotatable bonds is 15. The van der Waals surface area contributed by atoms with Crippen molar-refractivity contribution in [1.82, 2.24) is 4.90 Å². The van der Waals surface area contributed by atoms with Crippen LogP contribution in [-0.2, 0) is 9.59 Å². The van der Waals surface area contributed by atoms with Gasteiger partial charge in [-0.3, -0.25) is 14.5 Å². The molecule has 0 rings (SSSR count). The summed E-state index contributed by atoms with van der Waals surface area (Å²) in [5.41, 5.74) is 0. The summed E-state index contributed by atoms with van der Waals surface area (Å²) in [6.07, 6.45) is 12.2. The molecule has 0 saturated carbocycles. The number of hydrogen-bond acceptors (Lipinski definition) is 3. The zero-order valence-corrected chi connectivity index (χ0v) is 13.4. The van der Waals surface area contributed by atoms with Crippen molar-refractivity contribution in [2.24, 2.45) is 0 Å². The molecule has 0 aromatic carbocycles. The normalized spacial score (nSPS) is 10.5. The van der Waals surface area contributed by atoms with Crippen LogP contribution in [0.25, 0.3) is 0 Å². The molecule has 0 amide bonds. The number of carboxylic acids is 2. The van der Waals surface area contributed by atoms with Gasteiger partial charge in [-0.15, -0.1) is 0 Å². The molecule has 0 aliphatic rings. The Labute approximate surface area is 177 Å². The molecule has 0 radical (unpaired) electrons. The van der Waals surface area contributed by atoms with Crippen LogP contribution in [0.4, 0.5) is 0 Å². The zero-order valence-electron chi connectivity index (χ0n) is 13.4. The molecule has 126 valence electrons. The molecule has 0 aliphatic carbocycles. The molecule has 2 N–H and O–H groups in total. The Balaban J connectivity index is 0. The van der Waals surface area contributed by atoms with Crippen LogP contribution in [0.2, 0.25) is 0 Å². The fourth-order valence-electron chi connectivity index (χ4n) is 2.42. The average molecular weight is 342 g/mol. The molecule has 6 heteroatoms. The van der Waals surface area contributed by atoms with E-state index in [0.29, 0.717) is 6.54 Å². The predicted octanol–water partition coefficient (Wildman–Crippen LogP) is 2.73. The van der Waals surface area contributed by atoms with E-state index in [4.69, 9.17) is 10.2 Å². The van der Waals surface area contributed by atoms with Crippen molar-refractivity contribution in [3.63, 3.8) is 0 Å². The minimum absolute atomic E-state index is 0. The van der Waals surface area contributed by atoms with Gasteiger partial charge in [0, 0.05) is 0 Å². The van der Waals surface area contributed by atoms with Crippen LogP contribution in [0.3, 0.4) is 0 Å². The van der Waals surface area contributed by atoms with Crippen molar-refractivity contribution in [3.8, 4) is 0 Å². The molecule has 0 saturated heterocycles. The third-order valence-corrected chi connectivity index (χ3v) is 3.55. The molecular formula is C16H32KNO4. The first-order valence-electron chi connectivity index (χ1n) is 8.22. The Morgan fingerprint density at radius 1 is 0.727 bits per heavy atom. The van der Waals surface area contributed by atoms with E-state index in [1.165, 1.54) is 49.8 Å². The second-order valence-electron chi connectivity index (χ2n) is 5.68. The first-order valence-corrected chi connectivity index (χ1v) is 8.22. The Hall–Kier alpha value is 0.536. The molecule has 5 nitrogen and oxygen atoms in total. The monoisotopic (exact) mass is 341 g/mol. The summed E-state index contributed by atoms with van der Waals surface area (Å²) in [4.78, 5) is 22.8. The van der Waals surface area contributed by atoms with Crippen LogP contribution in [-0.4, -0.2) is 98.1 Å². The van der Waals surface area contributed by atoms with E-state index >= 15 is 0 Å². The number of nitrogens with zero attached hydrogens (tertiary/aromatic N) is 1. The number of unbranched alkanes of at least 4 members (excludes halogenated alkanes) is 9. The number of carbonyl (C=O) groups is 2. The minimum atomic E-state index is -0.969. The van der Waals surface area contributed by atoms with Crippen LogP contribution < -0.4 is 0 Å². The summed E-state index contributed by atoms with van der Waals surface area (Å²) in [6.45, 7) is 2.39. The van der Waals surface area contributed by atoms with Gasteiger partial charge in [-0.05, 0) is 13.0 Å². The Bertz CT molecular complexity index is 271. The molecule has 0 aromatic heterocycles. The van der Waals surface area contributed by atoms with Crippen molar-refractivity contribution >= 4 is 63.3 Å². The zero-order chi connectivity index (χ0) is 15.9. The van der Waals surface area contributed by atoms with Crippen molar-refractivity contribution in [1.29, 1.82) is 0 Å². The third-order valence-electron chi connectivity index (χ3n) is 3.55. The first-order chi connectivity index (χ1) is 10.1. The summed E-state index contributed by atoms with van der Waals surface area (Å²) in [6, 6.07) is 0. The van der Waals surface area contributed by atoms with Crippen LogP contribution in [0.5, 0.6) is 0 Å². The maximum atomic E-state index is 10.6. The van der Waals surface area contributed by atoms with E-state index in [-0.39, 0.29) is 64.5 Å². The van der Waals surface area contributed by atoms with Gasteiger partial charge < -0.3 is 10.2 Å². The average Bonchev–Trinajstić information content (AvgIpc) is 2.39. The van der Waals surface area contributed by atoms with E-state index in [0.717, 1.165) is 19.3 Å². The van der Waals surface area contributed by atoms with Crippen LogP contribution in [0, 0.1) is 0 Å². The van der Waals surface area contributed by atoms with Crippen molar-refractivity contribution in [3.05, 3.63) is 0 Å². The molecule has 0 unspecified atom stereocenters. The summed E-state index contributed by atoms with van der Waals surface area (Å²) >= 11 is 0. The fraction of sp³-hybridized carbons (Fsp3) is 0.875. The first kappa shape index (κ1) is 24.8. The van der Waals surface area contributed by atoms with E-state index in [1.54, 1.807) is 0 Å². The Kier molecular flexibility index (Phi) is 20.1. The summed E-state index contributed by atoms with van der Waals surface area (Å²) < 4.78 is 0. The van der Waals surface area contributed by atoms with E-state index in [9.17, 15) is 9.59 Å². The van der Waals surface area contributed by atoms with Crippen LogP contribution in [0.15, 0.2) is 0 Å². The van der Waals surface area contributed by atoms with Gasteiger partial charge in [0.25, 0.3) is 0 Å². The maximum absolute atomic E-state index is 10.6. The summed E-state index contributed by atoms with van der Waals surface area (Å²) in [7, 11) is 0. The van der Waals surface area contributed by atoms with Gasteiger partial charge in [-0.1, -0.05) is 64.7 Å². The second-order valence-corrected chi connectivity index (χ2v) is 5.68. The van der Waals surface area contributed by atoms with Crippen molar-refractivity contribution in [2.75, 3.05) is 19.6 Å². The van der Waals surface area contributed by atoms with Gasteiger partial charge in [-0.2, -0.15) is 0 Å². The molecule has 0 aliphatic heterocycles. The predicted molar refractivity (Wildman–Crippen MR) is 90.7 cm³/mol. The Morgan fingerprint density at radius 2 is 1.09 bits per heavy atom. The van der Waals surface area contributed by atoms with Gasteiger partial charge >= 0.3 is 63.3 Å². The van der Waals surface area contributed by atoms with E-state index < -0.39 is 11.9 Å². The number of hydrogen-bond donors (Lipinski definition) is 2. The van der Waals surface area contributed by atoms with Gasteiger partial charge in [-0.25, -0.2) is 0 Å². The summed E-state index contributed by atoms with van der Waals surface area (Å²) in [5, 5.41) is 17.4. The molecule has 0 heterocycles. The molecule has 0 aromatic rings. The molecule has 22 heavy (non-hydrogen) atoms. The van der Waals surface area contributed by atoms with Gasteiger partial charge in [0.1, 0.15) is 0 Å². The van der Waals surface area contributed by atoms with Crippen molar-refractivity contribution in [2.45, 2.75) is 71.1 Å². The van der Waals surface area contributed by atoms with Gasteiger partial charge in [0.2, 0.25) is 0 Å². The third kappa shape index (κ3) is 18.6. The molecule has 0 fully saturated rings. The summed E-state index contributed by atoms with van der Waals surface area (Å²) in [5.74, 6) is -1.94. The topological polar surface area (TPSA) is 77.8 Å². The van der Waals surface area contributed by atoms with Crippen LogP contribution in [0.1, 0.15) is 71.1 Å².